The molecule has 0 fully saturated rings. The summed E-state index contributed by atoms with van der Waals surface area (Å²) in [6.45, 7) is 3.56. The molecule has 2 rings (SSSR count). The van der Waals surface area contributed by atoms with Crippen LogP contribution in [0, 0.1) is 0 Å². The molecule has 0 aliphatic rings. The molecule has 0 aromatic heterocycles. The number of hydrogen-bond acceptors (Lipinski definition) is 6. The van der Waals surface area contributed by atoms with Gasteiger partial charge in [0, 0.05) is 0 Å². The van der Waals surface area contributed by atoms with E-state index < -0.39 is 40.4 Å². The molecule has 0 spiro atoms. The molecule has 0 N–H and O–H groups in total. The van der Waals surface area contributed by atoms with Gasteiger partial charge in [-0.1, -0.05) is 0 Å². The van der Waals surface area contributed by atoms with Gasteiger partial charge in [0.05, 0.1) is 0 Å². The van der Waals surface area contributed by atoms with Gasteiger partial charge in [-0.25, -0.2) is 0 Å². The number of fused-ring (bicyclic) bond motifs is 1. The number of rotatable bonds is 4. The molecule has 2 aromatic rings. The van der Waals surface area contributed by atoms with Gasteiger partial charge in [-0.15, -0.1) is 0 Å². The van der Waals surface area contributed by atoms with Gasteiger partial charge in [0.15, 0.2) is 0 Å². The Morgan fingerprint density at radius 3 is 1.74 bits per heavy atom. The number of hydrogen-bond donors (Lipinski definition) is 0. The second kappa shape index (κ2) is 7.07. The minimum atomic E-state index is -5.16. The van der Waals surface area contributed by atoms with E-state index in [1.165, 1.54) is 20.8 Å². The maximum absolute atomic E-state index is 11.6. The van der Waals surface area contributed by atoms with Crippen LogP contribution in [-0.2, 0) is 22.4 Å². The third-order valence-corrected chi connectivity index (χ3v) is 13.7. The molecule has 6 nitrogen and oxygen atoms in total. The molecule has 0 heterocycles. The zero-order chi connectivity index (χ0) is 17.0. The number of carbonyl (C=O) groups excluding carboxylic acids is 3. The third-order valence-electron chi connectivity index (χ3n) is 2.95. The molecule has 0 saturated carbocycles. The predicted molar refractivity (Wildman–Crippen MR) is 84.6 cm³/mol. The molecule has 120 valence electrons. The molecule has 0 saturated heterocycles. The Balaban J connectivity index is 2.73. The molecule has 0 aliphatic heterocycles. The number of benzene rings is 2. The van der Waals surface area contributed by atoms with Crippen LogP contribution in [-0.4, -0.2) is 40.4 Å². The summed E-state index contributed by atoms with van der Waals surface area (Å²) in [7, 11) is 0. The summed E-state index contributed by atoms with van der Waals surface area (Å²) in [6.07, 6.45) is 0. The van der Waals surface area contributed by atoms with Crippen molar-refractivity contribution in [1.82, 2.24) is 0 Å². The van der Waals surface area contributed by atoms with E-state index in [0.29, 0.717) is 3.12 Å². The van der Waals surface area contributed by atoms with Crippen LogP contribution in [0.2, 0.25) is 0 Å². The summed E-state index contributed by atoms with van der Waals surface area (Å²) in [5, 5.41) is 1.58. The molecule has 7 heteroatoms. The summed E-state index contributed by atoms with van der Waals surface area (Å²) in [4.78, 5) is 34.7. The van der Waals surface area contributed by atoms with E-state index in [1.807, 2.05) is 18.2 Å². The molecule has 0 amide bonds. The Morgan fingerprint density at radius 1 is 0.739 bits per heavy atom. The van der Waals surface area contributed by atoms with Gasteiger partial charge in [0.25, 0.3) is 0 Å². The summed E-state index contributed by atoms with van der Waals surface area (Å²) in [5.74, 6) is -1.99. The molecule has 2 aromatic carbocycles. The molecule has 0 aliphatic carbocycles. The molecule has 0 atom stereocenters. The molecular formula is C16H16O6Pb. The third kappa shape index (κ3) is 4.06. The van der Waals surface area contributed by atoms with Crippen molar-refractivity contribution < 1.29 is 22.4 Å². The first-order valence-corrected chi connectivity index (χ1v) is 13.6. The van der Waals surface area contributed by atoms with Crippen LogP contribution >= 0.6 is 0 Å². The van der Waals surface area contributed by atoms with Gasteiger partial charge in [-0.3, -0.25) is 0 Å². The molecular weight excluding hydrogens is 495 g/mol. The summed E-state index contributed by atoms with van der Waals surface area (Å²) < 4.78 is 16.5. The zero-order valence-electron chi connectivity index (χ0n) is 13.0. The van der Waals surface area contributed by atoms with Crippen LogP contribution in [0.1, 0.15) is 20.8 Å². The van der Waals surface area contributed by atoms with Gasteiger partial charge in [0.2, 0.25) is 0 Å². The van der Waals surface area contributed by atoms with E-state index in [1.54, 1.807) is 24.3 Å². The average molecular weight is 511 g/mol. The van der Waals surface area contributed by atoms with Crippen LogP contribution < -0.4 is 3.12 Å². The normalized spacial score (nSPS) is 10.9. The molecule has 0 bridgehead atoms. The van der Waals surface area contributed by atoms with Crippen molar-refractivity contribution in [3.8, 4) is 0 Å². The number of carbonyl (C=O) groups is 3. The minimum absolute atomic E-state index is 0.469. The van der Waals surface area contributed by atoms with Crippen molar-refractivity contribution in [2.45, 2.75) is 20.8 Å². The van der Waals surface area contributed by atoms with E-state index in [0.717, 1.165) is 10.8 Å². The van der Waals surface area contributed by atoms with Crippen molar-refractivity contribution in [2.75, 3.05) is 0 Å². The van der Waals surface area contributed by atoms with Gasteiger partial charge in [0.1, 0.15) is 0 Å². The van der Waals surface area contributed by atoms with Crippen LogP contribution in [0.4, 0.5) is 0 Å². The SMILES string of the molecule is CC(=O)[O][Pb]([O]C(C)=O)([O]C(C)=O)[c]1cccc2ccccc12. The van der Waals surface area contributed by atoms with Crippen molar-refractivity contribution in [1.29, 1.82) is 0 Å². The Labute approximate surface area is 139 Å². The maximum atomic E-state index is 11.6. The van der Waals surface area contributed by atoms with Crippen LogP contribution in [0.3, 0.4) is 0 Å². The fraction of sp³-hybridized carbons (Fsp3) is 0.188. The summed E-state index contributed by atoms with van der Waals surface area (Å²) in [6, 6.07) is 12.6. The van der Waals surface area contributed by atoms with Gasteiger partial charge >= 0.3 is 140 Å². The second-order valence-corrected chi connectivity index (χ2v) is 13.7. The first-order chi connectivity index (χ1) is 10.8. The second-order valence-electron chi connectivity index (χ2n) is 4.86. The Bertz CT molecular complexity index is 724. The summed E-state index contributed by atoms with van der Waals surface area (Å²) >= 11 is -5.16. The Hall–Kier alpha value is -1.97. The van der Waals surface area contributed by atoms with Gasteiger partial charge in [-0.05, 0) is 0 Å². The first kappa shape index (κ1) is 17.4. The van der Waals surface area contributed by atoms with Crippen LogP contribution in [0.15, 0.2) is 42.5 Å². The van der Waals surface area contributed by atoms with E-state index >= 15 is 0 Å². The molecule has 0 unspecified atom stereocenters. The van der Waals surface area contributed by atoms with Gasteiger partial charge in [-0.2, -0.15) is 0 Å². The van der Waals surface area contributed by atoms with Crippen molar-refractivity contribution in [3.63, 3.8) is 0 Å². The van der Waals surface area contributed by atoms with Crippen molar-refractivity contribution in [3.05, 3.63) is 42.5 Å². The molecule has 23 heavy (non-hydrogen) atoms. The Kier molecular flexibility index (Phi) is 5.35. The first-order valence-electron chi connectivity index (χ1n) is 6.91. The fourth-order valence-electron chi connectivity index (χ4n) is 2.29. The monoisotopic (exact) mass is 512 g/mol. The zero-order valence-corrected chi connectivity index (χ0v) is 16.9. The summed E-state index contributed by atoms with van der Waals surface area (Å²) in [5.41, 5.74) is 0. The van der Waals surface area contributed by atoms with Gasteiger partial charge < -0.3 is 0 Å². The van der Waals surface area contributed by atoms with Crippen molar-refractivity contribution in [2.24, 2.45) is 0 Å². The molecule has 0 radical (unpaired) electrons. The van der Waals surface area contributed by atoms with Crippen LogP contribution in [0.25, 0.3) is 10.8 Å². The fourth-order valence-corrected chi connectivity index (χ4v) is 11.8. The van der Waals surface area contributed by atoms with E-state index in [-0.39, 0.29) is 0 Å². The van der Waals surface area contributed by atoms with Crippen LogP contribution in [0.5, 0.6) is 0 Å². The Morgan fingerprint density at radius 2 is 1.22 bits per heavy atom. The van der Waals surface area contributed by atoms with E-state index in [9.17, 15) is 14.4 Å². The average Bonchev–Trinajstić information content (AvgIpc) is 2.44. The quantitative estimate of drug-likeness (QED) is 0.582. The predicted octanol–water partition coefficient (Wildman–Crippen LogP) is 1.67. The van der Waals surface area contributed by atoms with E-state index in [4.69, 9.17) is 8.06 Å². The standard InChI is InChI=1S/C10H7.3C2H4O2.Pb/c1-2-6-10-8-4-3-7-9(10)5-1;3*1-2(3)4;/h1-7H;3*1H3,(H,3,4);/q;;;;+3/p-3. The van der Waals surface area contributed by atoms with E-state index in [2.05, 4.69) is 0 Å². The topological polar surface area (TPSA) is 78.9 Å². The van der Waals surface area contributed by atoms with Crippen molar-refractivity contribution >= 4 is 54.3 Å².